The van der Waals surface area contributed by atoms with Gasteiger partial charge in [0.25, 0.3) is 0 Å². The maximum Gasteiger partial charge on any atom is 0.236 e. The molecule has 0 heterocycles. The summed E-state index contributed by atoms with van der Waals surface area (Å²) in [7, 11) is 0. The molecule has 0 spiro atoms. The van der Waals surface area contributed by atoms with Crippen LogP contribution in [-0.2, 0) is 4.79 Å². The summed E-state index contributed by atoms with van der Waals surface area (Å²) in [6, 6.07) is 5.26. The Balaban J connectivity index is 2.92. The number of carbonyl (C=O) groups is 1. The summed E-state index contributed by atoms with van der Waals surface area (Å²) in [6.07, 6.45) is 0. The van der Waals surface area contributed by atoms with Crippen molar-refractivity contribution in [1.82, 2.24) is 0 Å². The summed E-state index contributed by atoms with van der Waals surface area (Å²) >= 11 is 10.7. The molecule has 1 aromatic carbocycles. The van der Waals surface area contributed by atoms with Gasteiger partial charge in [-0.05, 0) is 44.5 Å². The summed E-state index contributed by atoms with van der Waals surface area (Å²) in [5.74, 6) is -0.226. The lowest BCUT2D eigenvalue weighted by atomic mass is 9.92. The van der Waals surface area contributed by atoms with Crippen LogP contribution in [0.3, 0.4) is 0 Å². The van der Waals surface area contributed by atoms with E-state index in [-0.39, 0.29) is 10.9 Å². The van der Waals surface area contributed by atoms with Gasteiger partial charge in [0.2, 0.25) is 5.91 Å². The zero-order chi connectivity index (χ0) is 13.2. The Morgan fingerprint density at radius 2 is 2.06 bits per heavy atom. The van der Waals surface area contributed by atoms with E-state index in [0.29, 0.717) is 10.7 Å². The largest absolute Gasteiger partial charge is 0.392 e. The minimum atomic E-state index is -0.874. The highest BCUT2D eigenvalue weighted by atomic mass is 35.5. The normalized spacial score (nSPS) is 11.1. The average Bonchev–Trinajstić information content (AvgIpc) is 2.21. The molecule has 0 unspecified atom stereocenters. The second-order valence-electron chi connectivity index (χ2n) is 4.40. The van der Waals surface area contributed by atoms with E-state index in [9.17, 15) is 4.79 Å². The molecule has 0 aliphatic carbocycles. The van der Waals surface area contributed by atoms with Gasteiger partial charge in [-0.3, -0.25) is 4.79 Å². The molecule has 0 fully saturated rings. The highest BCUT2D eigenvalue weighted by Gasteiger charge is 2.31. The van der Waals surface area contributed by atoms with Gasteiger partial charge < -0.3 is 11.1 Å². The molecule has 0 aromatic heterocycles. The lowest BCUT2D eigenvalue weighted by Gasteiger charge is -2.22. The van der Waals surface area contributed by atoms with E-state index in [1.54, 1.807) is 32.0 Å². The molecular formula is C12H15ClN2OS. The van der Waals surface area contributed by atoms with Crippen LogP contribution in [0.4, 0.5) is 5.69 Å². The highest BCUT2D eigenvalue weighted by Crippen LogP contribution is 2.23. The van der Waals surface area contributed by atoms with Gasteiger partial charge >= 0.3 is 0 Å². The van der Waals surface area contributed by atoms with Crippen LogP contribution in [0.25, 0.3) is 0 Å². The molecule has 1 amide bonds. The van der Waals surface area contributed by atoms with Crippen molar-refractivity contribution in [1.29, 1.82) is 0 Å². The van der Waals surface area contributed by atoms with E-state index in [4.69, 9.17) is 29.6 Å². The summed E-state index contributed by atoms with van der Waals surface area (Å²) in [5, 5.41) is 3.43. The Morgan fingerprint density at radius 1 is 1.47 bits per heavy atom. The van der Waals surface area contributed by atoms with Crippen LogP contribution in [0.15, 0.2) is 18.2 Å². The maximum absolute atomic E-state index is 12.0. The smallest absolute Gasteiger partial charge is 0.236 e. The first kappa shape index (κ1) is 13.9. The fourth-order valence-corrected chi connectivity index (χ4v) is 1.48. The molecule has 0 radical (unpaired) electrons. The minimum Gasteiger partial charge on any atom is -0.392 e. The van der Waals surface area contributed by atoms with Crippen molar-refractivity contribution < 1.29 is 4.79 Å². The summed E-state index contributed by atoms with van der Waals surface area (Å²) in [5.41, 5.74) is 6.27. The number of anilines is 1. The van der Waals surface area contributed by atoms with Crippen molar-refractivity contribution in [3.05, 3.63) is 28.8 Å². The quantitative estimate of drug-likeness (QED) is 0.831. The number of benzene rings is 1. The van der Waals surface area contributed by atoms with Crippen molar-refractivity contribution in [2.75, 3.05) is 5.32 Å². The first-order chi connectivity index (χ1) is 7.75. The lowest BCUT2D eigenvalue weighted by molar-refractivity contribution is -0.121. The van der Waals surface area contributed by atoms with E-state index in [0.717, 1.165) is 5.56 Å². The number of carbonyl (C=O) groups excluding carboxylic acids is 1. The predicted octanol–water partition coefficient (Wildman–Crippen LogP) is 2.90. The number of thiocarbonyl (C=S) groups is 1. The van der Waals surface area contributed by atoms with E-state index in [1.807, 2.05) is 6.92 Å². The van der Waals surface area contributed by atoms with Gasteiger partial charge in [-0.1, -0.05) is 23.8 Å². The number of nitrogens with one attached hydrogen (secondary N) is 1. The first-order valence-electron chi connectivity index (χ1n) is 5.12. The Hall–Kier alpha value is -1.13. The lowest BCUT2D eigenvalue weighted by Crippen LogP contribution is -2.41. The fraction of sp³-hybridized carbons (Fsp3) is 0.333. The zero-order valence-electron chi connectivity index (χ0n) is 10.0. The van der Waals surface area contributed by atoms with E-state index in [1.165, 1.54) is 0 Å². The van der Waals surface area contributed by atoms with Gasteiger partial charge in [0.15, 0.2) is 0 Å². The molecule has 0 aliphatic rings. The van der Waals surface area contributed by atoms with Crippen molar-refractivity contribution >= 4 is 40.4 Å². The van der Waals surface area contributed by atoms with Gasteiger partial charge in [-0.15, -0.1) is 0 Å². The van der Waals surface area contributed by atoms with E-state index in [2.05, 4.69) is 5.32 Å². The Kier molecular flexibility index (Phi) is 4.11. The van der Waals surface area contributed by atoms with Crippen molar-refractivity contribution in [3.8, 4) is 0 Å². The van der Waals surface area contributed by atoms with Crippen LogP contribution >= 0.6 is 23.8 Å². The van der Waals surface area contributed by atoms with E-state index >= 15 is 0 Å². The van der Waals surface area contributed by atoms with Crippen molar-refractivity contribution in [2.45, 2.75) is 20.8 Å². The Labute approximate surface area is 111 Å². The number of halogens is 1. The molecule has 0 aliphatic heterocycles. The van der Waals surface area contributed by atoms with Gasteiger partial charge in [0, 0.05) is 10.7 Å². The summed E-state index contributed by atoms with van der Waals surface area (Å²) in [4.78, 5) is 12.2. The van der Waals surface area contributed by atoms with Gasteiger partial charge in [0.1, 0.15) is 0 Å². The predicted molar refractivity (Wildman–Crippen MR) is 75.4 cm³/mol. The van der Waals surface area contributed by atoms with E-state index < -0.39 is 5.41 Å². The van der Waals surface area contributed by atoms with Crippen LogP contribution in [0, 0.1) is 12.3 Å². The highest BCUT2D eigenvalue weighted by molar-refractivity contribution is 7.80. The summed E-state index contributed by atoms with van der Waals surface area (Å²) < 4.78 is 0. The molecule has 3 N–H and O–H groups in total. The second-order valence-corrected chi connectivity index (χ2v) is 5.28. The summed E-state index contributed by atoms with van der Waals surface area (Å²) in [6.45, 7) is 5.25. The molecule has 5 heteroatoms. The standard InChI is InChI=1S/C12H15ClN2OS/c1-7-6-8(13)4-5-9(7)15-11(16)12(2,3)10(14)17/h4-6H,1-3H3,(H2,14,17)(H,15,16). The molecule has 92 valence electrons. The Bertz CT molecular complexity index is 472. The maximum atomic E-state index is 12.0. The third kappa shape index (κ3) is 3.17. The molecule has 17 heavy (non-hydrogen) atoms. The van der Waals surface area contributed by atoms with Gasteiger partial charge in [-0.25, -0.2) is 0 Å². The van der Waals surface area contributed by atoms with Crippen molar-refractivity contribution in [2.24, 2.45) is 11.1 Å². The second kappa shape index (κ2) is 5.02. The van der Waals surface area contributed by atoms with Crippen LogP contribution < -0.4 is 11.1 Å². The minimum absolute atomic E-state index is 0.168. The van der Waals surface area contributed by atoms with Crippen LogP contribution in [0.1, 0.15) is 19.4 Å². The number of aryl methyl sites for hydroxylation is 1. The molecule has 0 atom stereocenters. The monoisotopic (exact) mass is 270 g/mol. The molecular weight excluding hydrogens is 256 g/mol. The average molecular weight is 271 g/mol. The molecule has 0 saturated carbocycles. The number of hydrogen-bond acceptors (Lipinski definition) is 2. The van der Waals surface area contributed by atoms with Crippen LogP contribution in [-0.4, -0.2) is 10.9 Å². The number of amides is 1. The van der Waals surface area contributed by atoms with Crippen LogP contribution in [0.2, 0.25) is 5.02 Å². The first-order valence-corrected chi connectivity index (χ1v) is 5.91. The van der Waals surface area contributed by atoms with Gasteiger partial charge in [-0.2, -0.15) is 0 Å². The number of rotatable bonds is 3. The molecule has 1 aromatic rings. The zero-order valence-corrected chi connectivity index (χ0v) is 11.6. The SMILES string of the molecule is Cc1cc(Cl)ccc1NC(=O)C(C)(C)C(N)=S. The third-order valence-electron chi connectivity index (χ3n) is 2.62. The number of hydrogen-bond donors (Lipinski definition) is 2. The van der Waals surface area contributed by atoms with Gasteiger partial charge in [0.05, 0.1) is 10.4 Å². The molecule has 1 rings (SSSR count). The van der Waals surface area contributed by atoms with Crippen LogP contribution in [0.5, 0.6) is 0 Å². The van der Waals surface area contributed by atoms with Crippen molar-refractivity contribution in [3.63, 3.8) is 0 Å². The molecule has 3 nitrogen and oxygen atoms in total. The molecule has 0 bridgehead atoms. The fourth-order valence-electron chi connectivity index (χ4n) is 1.16. The topological polar surface area (TPSA) is 55.1 Å². The molecule has 0 saturated heterocycles. The third-order valence-corrected chi connectivity index (χ3v) is 3.37. The Morgan fingerprint density at radius 3 is 2.53 bits per heavy atom. The number of nitrogens with two attached hydrogens (primary N) is 1.